The number of carbonyl (C=O) groups excluding carboxylic acids is 1. The third kappa shape index (κ3) is 4.66. The lowest BCUT2D eigenvalue weighted by Gasteiger charge is -2.13. The molecule has 1 aromatic carbocycles. The van der Waals surface area contributed by atoms with Crippen LogP contribution in [0, 0.1) is 13.8 Å². The van der Waals surface area contributed by atoms with Gasteiger partial charge in [0.25, 0.3) is 5.91 Å². The molecule has 9 heteroatoms. The van der Waals surface area contributed by atoms with Crippen molar-refractivity contribution in [3.05, 3.63) is 59.4 Å². The number of hydrogen-bond donors (Lipinski definition) is 1. The number of nitrogens with one attached hydrogen (secondary N) is 1. The predicted octanol–water partition coefficient (Wildman–Crippen LogP) is 5.02. The minimum atomic E-state index is -4.43. The monoisotopic (exact) mass is 407 g/mol. The highest BCUT2D eigenvalue weighted by Crippen LogP contribution is 2.36. The first-order chi connectivity index (χ1) is 13.2. The van der Waals surface area contributed by atoms with Crippen LogP contribution in [0.25, 0.3) is 10.6 Å². The standard InChI is InChI=1S/C19H16F3N3O2S/c1-11-14(27-10-19(20,21)22)8-9-23-15(11)16-12(2)24-18(28-16)25-17(26)13-6-4-3-5-7-13/h3-9H,10H2,1-2H3,(H,24,25,26). The van der Waals surface area contributed by atoms with Crippen molar-refractivity contribution >= 4 is 22.4 Å². The molecule has 146 valence electrons. The third-order valence-electron chi connectivity index (χ3n) is 3.81. The number of amides is 1. The van der Waals surface area contributed by atoms with Crippen molar-refractivity contribution in [3.63, 3.8) is 0 Å². The van der Waals surface area contributed by atoms with Crippen LogP contribution in [0.1, 0.15) is 21.6 Å². The van der Waals surface area contributed by atoms with Gasteiger partial charge in [-0.3, -0.25) is 15.1 Å². The molecule has 0 aliphatic carbocycles. The van der Waals surface area contributed by atoms with E-state index < -0.39 is 12.8 Å². The van der Waals surface area contributed by atoms with Crippen molar-refractivity contribution in [1.82, 2.24) is 9.97 Å². The highest BCUT2D eigenvalue weighted by atomic mass is 32.1. The van der Waals surface area contributed by atoms with Gasteiger partial charge in [-0.1, -0.05) is 29.5 Å². The molecule has 0 saturated heterocycles. The number of ether oxygens (including phenoxy) is 1. The Morgan fingerprint density at radius 2 is 1.89 bits per heavy atom. The summed E-state index contributed by atoms with van der Waals surface area (Å²) < 4.78 is 42.2. The number of hydrogen-bond acceptors (Lipinski definition) is 5. The highest BCUT2D eigenvalue weighted by molar-refractivity contribution is 7.19. The first-order valence-corrected chi connectivity index (χ1v) is 9.05. The summed E-state index contributed by atoms with van der Waals surface area (Å²) in [5.41, 5.74) is 2.04. The fraction of sp³-hybridized carbons (Fsp3) is 0.211. The molecule has 0 aliphatic heterocycles. The summed E-state index contributed by atoms with van der Waals surface area (Å²) >= 11 is 1.20. The normalized spacial score (nSPS) is 11.3. The smallest absolute Gasteiger partial charge is 0.422 e. The van der Waals surface area contributed by atoms with Crippen molar-refractivity contribution in [2.75, 3.05) is 11.9 Å². The first kappa shape index (κ1) is 19.8. The molecular formula is C19H16F3N3O2S. The van der Waals surface area contributed by atoms with Gasteiger partial charge in [0.1, 0.15) is 5.75 Å². The van der Waals surface area contributed by atoms with Crippen LogP contribution in [0.4, 0.5) is 18.3 Å². The van der Waals surface area contributed by atoms with E-state index in [9.17, 15) is 18.0 Å². The number of thiazole rings is 1. The van der Waals surface area contributed by atoms with Crippen molar-refractivity contribution < 1.29 is 22.7 Å². The molecular weight excluding hydrogens is 391 g/mol. The molecule has 3 aromatic rings. The molecule has 0 unspecified atom stereocenters. The second-order valence-corrected chi connectivity index (χ2v) is 6.94. The highest BCUT2D eigenvalue weighted by Gasteiger charge is 2.29. The molecule has 0 spiro atoms. The third-order valence-corrected chi connectivity index (χ3v) is 4.89. The van der Waals surface area contributed by atoms with E-state index in [1.807, 2.05) is 6.07 Å². The van der Waals surface area contributed by atoms with Crippen LogP contribution in [0.3, 0.4) is 0 Å². The maximum Gasteiger partial charge on any atom is 0.422 e. The molecule has 0 fully saturated rings. The van der Waals surface area contributed by atoms with Crippen molar-refractivity contribution in [1.29, 1.82) is 0 Å². The lowest BCUT2D eigenvalue weighted by Crippen LogP contribution is -2.19. The van der Waals surface area contributed by atoms with Crippen molar-refractivity contribution in [2.24, 2.45) is 0 Å². The van der Waals surface area contributed by atoms with E-state index in [2.05, 4.69) is 15.3 Å². The lowest BCUT2D eigenvalue weighted by atomic mass is 10.1. The number of halogens is 3. The number of aryl methyl sites for hydroxylation is 1. The van der Waals surface area contributed by atoms with Crippen LogP contribution in [0.2, 0.25) is 0 Å². The summed E-state index contributed by atoms with van der Waals surface area (Å²) in [6.07, 6.45) is -3.04. The van der Waals surface area contributed by atoms with Crippen LogP contribution >= 0.6 is 11.3 Å². The molecule has 2 heterocycles. The van der Waals surface area contributed by atoms with Crippen LogP contribution in [0.5, 0.6) is 5.75 Å². The Bertz CT molecular complexity index is 988. The van der Waals surface area contributed by atoms with Crippen LogP contribution in [-0.2, 0) is 0 Å². The number of carbonyl (C=O) groups is 1. The molecule has 28 heavy (non-hydrogen) atoms. The molecule has 0 atom stereocenters. The van der Waals surface area contributed by atoms with Crippen LogP contribution in [-0.4, -0.2) is 28.7 Å². The molecule has 3 rings (SSSR count). The van der Waals surface area contributed by atoms with Gasteiger partial charge >= 0.3 is 6.18 Å². The number of nitrogens with zero attached hydrogens (tertiary/aromatic N) is 2. The first-order valence-electron chi connectivity index (χ1n) is 8.24. The Morgan fingerprint density at radius 3 is 2.57 bits per heavy atom. The molecule has 0 aliphatic rings. The summed E-state index contributed by atoms with van der Waals surface area (Å²) in [7, 11) is 0. The second kappa shape index (κ2) is 7.97. The Hall–Kier alpha value is -2.94. The number of rotatable bonds is 5. The van der Waals surface area contributed by atoms with Gasteiger partial charge in [-0.15, -0.1) is 0 Å². The number of benzene rings is 1. The van der Waals surface area contributed by atoms with E-state index >= 15 is 0 Å². The van der Waals surface area contributed by atoms with Gasteiger partial charge in [-0.2, -0.15) is 13.2 Å². The van der Waals surface area contributed by atoms with Gasteiger partial charge in [-0.05, 0) is 32.0 Å². The predicted molar refractivity (Wildman–Crippen MR) is 101 cm³/mol. The summed E-state index contributed by atoms with van der Waals surface area (Å²) in [5.74, 6) is -0.196. The van der Waals surface area contributed by atoms with E-state index in [1.165, 1.54) is 23.6 Å². The molecule has 0 saturated carbocycles. The van der Waals surface area contributed by atoms with E-state index in [0.717, 1.165) is 0 Å². The minimum Gasteiger partial charge on any atom is -0.484 e. The zero-order valence-electron chi connectivity index (χ0n) is 15.0. The molecule has 2 aromatic heterocycles. The Kier molecular flexibility index (Phi) is 5.64. The fourth-order valence-corrected chi connectivity index (χ4v) is 3.51. The molecule has 5 nitrogen and oxygen atoms in total. The quantitative estimate of drug-likeness (QED) is 0.645. The second-order valence-electron chi connectivity index (χ2n) is 5.94. The minimum absolute atomic E-state index is 0.102. The van der Waals surface area contributed by atoms with E-state index in [4.69, 9.17) is 4.74 Å². The van der Waals surface area contributed by atoms with Crippen LogP contribution < -0.4 is 10.1 Å². The molecule has 0 radical (unpaired) electrons. The number of anilines is 1. The average Bonchev–Trinajstić information content (AvgIpc) is 3.01. The Labute approximate surface area is 163 Å². The fourth-order valence-electron chi connectivity index (χ4n) is 2.49. The largest absolute Gasteiger partial charge is 0.484 e. The lowest BCUT2D eigenvalue weighted by molar-refractivity contribution is -0.153. The van der Waals surface area contributed by atoms with Crippen molar-refractivity contribution in [3.8, 4) is 16.3 Å². The summed E-state index contributed by atoms with van der Waals surface area (Å²) in [5, 5.41) is 3.11. The molecule has 1 N–H and O–H groups in total. The topological polar surface area (TPSA) is 64.1 Å². The summed E-state index contributed by atoms with van der Waals surface area (Å²) in [6, 6.07) is 10.1. The van der Waals surface area contributed by atoms with Gasteiger partial charge < -0.3 is 4.74 Å². The summed E-state index contributed by atoms with van der Waals surface area (Å²) in [6.45, 7) is 2.00. The zero-order chi connectivity index (χ0) is 20.3. The van der Waals surface area contributed by atoms with E-state index in [1.54, 1.807) is 38.1 Å². The zero-order valence-corrected chi connectivity index (χ0v) is 15.8. The molecule has 1 amide bonds. The van der Waals surface area contributed by atoms with Gasteiger partial charge in [0, 0.05) is 17.3 Å². The Morgan fingerprint density at radius 1 is 1.18 bits per heavy atom. The maximum atomic E-state index is 12.4. The van der Waals surface area contributed by atoms with E-state index in [-0.39, 0.29) is 11.7 Å². The van der Waals surface area contributed by atoms with E-state index in [0.29, 0.717) is 32.5 Å². The van der Waals surface area contributed by atoms with Gasteiger partial charge in [0.05, 0.1) is 16.3 Å². The SMILES string of the molecule is Cc1nc(NC(=O)c2ccccc2)sc1-c1nccc(OCC(F)(F)F)c1C. The number of alkyl halides is 3. The Balaban J connectivity index is 1.84. The van der Waals surface area contributed by atoms with Crippen molar-refractivity contribution in [2.45, 2.75) is 20.0 Å². The average molecular weight is 407 g/mol. The maximum absolute atomic E-state index is 12.4. The summed E-state index contributed by atoms with van der Waals surface area (Å²) in [4.78, 5) is 21.5. The number of aromatic nitrogens is 2. The molecule has 0 bridgehead atoms. The van der Waals surface area contributed by atoms with Gasteiger partial charge in [0.2, 0.25) is 0 Å². The van der Waals surface area contributed by atoms with Crippen LogP contribution in [0.15, 0.2) is 42.6 Å². The number of pyridine rings is 1. The van der Waals surface area contributed by atoms with Gasteiger partial charge in [-0.25, -0.2) is 4.98 Å². The van der Waals surface area contributed by atoms with Gasteiger partial charge in [0.15, 0.2) is 11.7 Å².